The molecular formula is C29H27BrN2O3. The van der Waals surface area contributed by atoms with Gasteiger partial charge in [0.1, 0.15) is 0 Å². The zero-order valence-electron chi connectivity index (χ0n) is 20.2. The van der Waals surface area contributed by atoms with E-state index in [9.17, 15) is 9.59 Å². The highest BCUT2D eigenvalue weighted by molar-refractivity contribution is 9.10. The molecule has 1 heterocycles. The van der Waals surface area contributed by atoms with Crippen LogP contribution in [0.1, 0.15) is 45.7 Å². The smallest absolute Gasteiger partial charge is 0.338 e. The number of nitrogens with one attached hydrogen (secondary N) is 1. The maximum absolute atomic E-state index is 13.4. The number of esters is 1. The number of aromatic nitrogens is 1. The SMILES string of the molecule is Cc1cc(C)c2nc(-c3ccc(Br)cc3)cc(C(=O)Nc3ccc(C(=O)OCC(C)C)cc3)c2c1. The summed E-state index contributed by atoms with van der Waals surface area (Å²) in [5, 5.41) is 3.77. The Morgan fingerprint density at radius 2 is 1.66 bits per heavy atom. The molecular weight excluding hydrogens is 504 g/mol. The van der Waals surface area contributed by atoms with E-state index in [1.165, 1.54) is 0 Å². The Kier molecular flexibility index (Phi) is 7.31. The van der Waals surface area contributed by atoms with Crippen LogP contribution in [0.2, 0.25) is 0 Å². The van der Waals surface area contributed by atoms with E-state index in [1.54, 1.807) is 24.3 Å². The second-order valence-electron chi connectivity index (χ2n) is 9.06. The minimum Gasteiger partial charge on any atom is -0.462 e. The van der Waals surface area contributed by atoms with Gasteiger partial charge >= 0.3 is 5.97 Å². The summed E-state index contributed by atoms with van der Waals surface area (Å²) in [4.78, 5) is 30.5. The van der Waals surface area contributed by atoms with Crippen LogP contribution in [-0.4, -0.2) is 23.5 Å². The third-order valence-electron chi connectivity index (χ3n) is 5.56. The Labute approximate surface area is 213 Å². The number of carbonyl (C=O) groups is 2. The molecule has 1 N–H and O–H groups in total. The van der Waals surface area contributed by atoms with Gasteiger partial charge in [-0.05, 0) is 73.9 Å². The number of pyridine rings is 1. The van der Waals surface area contributed by atoms with Gasteiger partial charge < -0.3 is 10.1 Å². The van der Waals surface area contributed by atoms with Crippen molar-refractivity contribution in [2.24, 2.45) is 5.92 Å². The second-order valence-corrected chi connectivity index (χ2v) is 9.98. The maximum atomic E-state index is 13.4. The molecule has 0 aliphatic carbocycles. The van der Waals surface area contributed by atoms with Crippen LogP contribution in [0.15, 0.2) is 71.2 Å². The van der Waals surface area contributed by atoms with Gasteiger partial charge in [0.05, 0.1) is 28.9 Å². The molecule has 0 aliphatic rings. The van der Waals surface area contributed by atoms with Crippen LogP contribution in [-0.2, 0) is 4.74 Å². The van der Waals surface area contributed by atoms with Crippen molar-refractivity contribution in [3.63, 3.8) is 0 Å². The van der Waals surface area contributed by atoms with E-state index in [0.717, 1.165) is 37.8 Å². The average molecular weight is 531 g/mol. The highest BCUT2D eigenvalue weighted by Gasteiger charge is 2.17. The average Bonchev–Trinajstić information content (AvgIpc) is 2.83. The monoisotopic (exact) mass is 530 g/mol. The summed E-state index contributed by atoms with van der Waals surface area (Å²) < 4.78 is 6.25. The molecule has 4 aromatic rings. The summed E-state index contributed by atoms with van der Waals surface area (Å²) in [6, 6.07) is 20.5. The van der Waals surface area contributed by atoms with Crippen molar-refractivity contribution in [3.8, 4) is 11.3 Å². The lowest BCUT2D eigenvalue weighted by Crippen LogP contribution is -2.14. The number of fused-ring (bicyclic) bond motifs is 1. The summed E-state index contributed by atoms with van der Waals surface area (Å²) in [6.07, 6.45) is 0. The van der Waals surface area contributed by atoms with Crippen LogP contribution >= 0.6 is 15.9 Å². The largest absolute Gasteiger partial charge is 0.462 e. The van der Waals surface area contributed by atoms with Gasteiger partial charge in [-0.3, -0.25) is 4.79 Å². The summed E-state index contributed by atoms with van der Waals surface area (Å²) in [5.74, 6) is -0.347. The molecule has 0 aliphatic heterocycles. The van der Waals surface area contributed by atoms with E-state index in [1.807, 2.05) is 64.1 Å². The Bertz CT molecular complexity index is 1390. The number of amides is 1. The number of rotatable bonds is 6. The molecule has 0 spiro atoms. The summed E-state index contributed by atoms with van der Waals surface area (Å²) >= 11 is 3.47. The molecule has 1 aromatic heterocycles. The topological polar surface area (TPSA) is 68.3 Å². The number of nitrogens with zero attached hydrogens (tertiary/aromatic N) is 1. The van der Waals surface area contributed by atoms with Crippen LogP contribution in [0, 0.1) is 19.8 Å². The Hall–Kier alpha value is -3.51. The number of benzene rings is 3. The summed E-state index contributed by atoms with van der Waals surface area (Å²) in [6.45, 7) is 8.35. The molecule has 35 heavy (non-hydrogen) atoms. The van der Waals surface area contributed by atoms with Gasteiger partial charge in [0.25, 0.3) is 5.91 Å². The van der Waals surface area contributed by atoms with Crippen LogP contribution in [0.4, 0.5) is 5.69 Å². The highest BCUT2D eigenvalue weighted by atomic mass is 79.9. The van der Waals surface area contributed by atoms with Gasteiger partial charge in [-0.2, -0.15) is 0 Å². The molecule has 178 valence electrons. The molecule has 0 saturated heterocycles. The lowest BCUT2D eigenvalue weighted by molar-refractivity contribution is 0.0459. The Balaban J connectivity index is 1.67. The highest BCUT2D eigenvalue weighted by Crippen LogP contribution is 2.29. The molecule has 0 radical (unpaired) electrons. The van der Waals surface area contributed by atoms with Gasteiger partial charge in [0.15, 0.2) is 0 Å². The Morgan fingerprint density at radius 1 is 0.971 bits per heavy atom. The van der Waals surface area contributed by atoms with Crippen LogP contribution in [0.5, 0.6) is 0 Å². The van der Waals surface area contributed by atoms with E-state index < -0.39 is 0 Å². The Morgan fingerprint density at radius 3 is 2.31 bits per heavy atom. The minimum atomic E-state index is -0.373. The molecule has 0 fully saturated rings. The maximum Gasteiger partial charge on any atom is 0.338 e. The van der Waals surface area contributed by atoms with Gasteiger partial charge in [-0.1, -0.05) is 53.5 Å². The number of hydrogen-bond acceptors (Lipinski definition) is 4. The number of hydrogen-bond donors (Lipinski definition) is 1. The first-order valence-electron chi connectivity index (χ1n) is 11.5. The zero-order valence-corrected chi connectivity index (χ0v) is 21.8. The fourth-order valence-electron chi connectivity index (χ4n) is 3.85. The molecule has 4 rings (SSSR count). The third-order valence-corrected chi connectivity index (χ3v) is 6.09. The first-order valence-corrected chi connectivity index (χ1v) is 12.3. The van der Waals surface area contributed by atoms with Crippen molar-refractivity contribution in [3.05, 3.63) is 93.5 Å². The van der Waals surface area contributed by atoms with E-state index >= 15 is 0 Å². The fraction of sp³-hybridized carbons (Fsp3) is 0.207. The number of ether oxygens (including phenoxy) is 1. The fourth-order valence-corrected chi connectivity index (χ4v) is 4.12. The molecule has 6 heteroatoms. The van der Waals surface area contributed by atoms with Gasteiger partial charge in [0.2, 0.25) is 0 Å². The van der Waals surface area contributed by atoms with Crippen molar-refractivity contribution in [2.45, 2.75) is 27.7 Å². The van der Waals surface area contributed by atoms with Crippen LogP contribution in [0.3, 0.4) is 0 Å². The van der Waals surface area contributed by atoms with Crippen LogP contribution in [0.25, 0.3) is 22.2 Å². The normalized spacial score (nSPS) is 11.0. The molecule has 1 amide bonds. The molecule has 0 atom stereocenters. The zero-order chi connectivity index (χ0) is 25.1. The molecule has 0 unspecified atom stereocenters. The molecule has 0 saturated carbocycles. The predicted octanol–water partition coefficient (Wildman–Crippen LogP) is 7.35. The number of halogens is 1. The van der Waals surface area contributed by atoms with E-state index in [2.05, 4.69) is 27.3 Å². The van der Waals surface area contributed by atoms with Crippen molar-refractivity contribution < 1.29 is 14.3 Å². The number of aryl methyl sites for hydroxylation is 2. The predicted molar refractivity (Wildman–Crippen MR) is 144 cm³/mol. The first-order chi connectivity index (χ1) is 16.7. The van der Waals surface area contributed by atoms with Crippen molar-refractivity contribution in [1.29, 1.82) is 0 Å². The van der Waals surface area contributed by atoms with Gasteiger partial charge in [-0.15, -0.1) is 0 Å². The van der Waals surface area contributed by atoms with E-state index in [-0.39, 0.29) is 17.8 Å². The lowest BCUT2D eigenvalue weighted by atomic mass is 9.99. The minimum absolute atomic E-state index is 0.240. The first kappa shape index (κ1) is 24.6. The van der Waals surface area contributed by atoms with E-state index in [4.69, 9.17) is 9.72 Å². The molecule has 0 bridgehead atoms. The van der Waals surface area contributed by atoms with Crippen molar-refractivity contribution in [1.82, 2.24) is 4.98 Å². The standard InChI is InChI=1S/C29H27BrN2O3/c1-17(2)16-35-29(34)21-7-11-23(12-8-21)31-28(33)25-15-26(20-5-9-22(30)10-6-20)32-27-19(4)13-18(3)14-24(25)27/h5-15,17H,16H2,1-4H3,(H,31,33). The summed E-state index contributed by atoms with van der Waals surface area (Å²) in [5.41, 5.74) is 6.10. The van der Waals surface area contributed by atoms with Gasteiger partial charge in [0, 0.05) is 21.1 Å². The number of anilines is 1. The quantitative estimate of drug-likeness (QED) is 0.264. The van der Waals surface area contributed by atoms with Crippen molar-refractivity contribution in [2.75, 3.05) is 11.9 Å². The number of carbonyl (C=O) groups excluding carboxylic acids is 2. The van der Waals surface area contributed by atoms with Crippen LogP contribution < -0.4 is 5.32 Å². The third kappa shape index (κ3) is 5.77. The molecule has 5 nitrogen and oxygen atoms in total. The molecule has 3 aromatic carbocycles. The van der Waals surface area contributed by atoms with E-state index in [0.29, 0.717) is 23.4 Å². The van der Waals surface area contributed by atoms with Gasteiger partial charge in [-0.25, -0.2) is 9.78 Å². The second kappa shape index (κ2) is 10.4. The van der Waals surface area contributed by atoms with Crippen molar-refractivity contribution >= 4 is 44.4 Å². The summed E-state index contributed by atoms with van der Waals surface area (Å²) in [7, 11) is 0. The lowest BCUT2D eigenvalue weighted by Gasteiger charge is -2.13.